The van der Waals surface area contributed by atoms with E-state index in [9.17, 15) is 9.18 Å². The first kappa shape index (κ1) is 20.4. The van der Waals surface area contributed by atoms with Crippen LogP contribution in [0.1, 0.15) is 50.5 Å². The minimum absolute atomic E-state index is 0.298. The molecule has 2 aromatic carbocycles. The Morgan fingerprint density at radius 1 is 1.12 bits per heavy atom. The zero-order chi connectivity index (χ0) is 18.3. The summed E-state index contributed by atoms with van der Waals surface area (Å²) in [4.78, 5) is 12.3. The first-order valence-corrected chi connectivity index (χ1v) is 9.11. The summed E-state index contributed by atoms with van der Waals surface area (Å²) in [7, 11) is 0. The molecular formula is C20H24BrFO2. The number of carbonyl (C=O) groups is 1. The third-order valence-corrected chi connectivity index (χ3v) is 3.66. The average Bonchev–Trinajstić information content (AvgIpc) is 2.55. The highest BCUT2D eigenvalue weighted by Crippen LogP contribution is 2.27. The molecule has 0 aromatic heterocycles. The molecule has 0 radical (unpaired) electrons. The van der Waals surface area contributed by atoms with Gasteiger partial charge in [0.15, 0.2) is 0 Å². The lowest BCUT2D eigenvalue weighted by molar-refractivity contribution is 0.00704. The molecule has 0 atom stereocenters. The maximum Gasteiger partial charge on any atom is 0.339 e. The van der Waals surface area contributed by atoms with Crippen LogP contribution in [-0.4, -0.2) is 11.6 Å². The van der Waals surface area contributed by atoms with Crippen molar-refractivity contribution >= 4 is 21.9 Å². The summed E-state index contributed by atoms with van der Waals surface area (Å²) in [5, 5.41) is 0.451. The Morgan fingerprint density at radius 2 is 1.75 bits per heavy atom. The summed E-state index contributed by atoms with van der Waals surface area (Å²) in [5.41, 5.74) is 1.76. The first-order valence-electron chi connectivity index (χ1n) is 7.99. The molecule has 2 rings (SSSR count). The van der Waals surface area contributed by atoms with E-state index in [0.717, 1.165) is 0 Å². The molecular weight excluding hydrogens is 371 g/mol. The van der Waals surface area contributed by atoms with Crippen LogP contribution >= 0.6 is 15.9 Å². The summed E-state index contributed by atoms with van der Waals surface area (Å²) in [6.07, 6.45) is 0. The van der Waals surface area contributed by atoms with E-state index < -0.39 is 11.6 Å². The third kappa shape index (κ3) is 5.45. The monoisotopic (exact) mass is 394 g/mol. The summed E-state index contributed by atoms with van der Waals surface area (Å²) in [6, 6.07) is 12.0. The summed E-state index contributed by atoms with van der Waals surface area (Å²) in [5.74, 6) is -0.707. The molecule has 0 heterocycles. The predicted octanol–water partition coefficient (Wildman–Crippen LogP) is 6.37. The van der Waals surface area contributed by atoms with E-state index in [2.05, 4.69) is 15.9 Å². The number of hydrogen-bond donors (Lipinski definition) is 0. The molecule has 24 heavy (non-hydrogen) atoms. The van der Waals surface area contributed by atoms with Crippen molar-refractivity contribution in [2.24, 2.45) is 0 Å². The van der Waals surface area contributed by atoms with Gasteiger partial charge in [0, 0.05) is 5.33 Å². The minimum atomic E-state index is -0.574. The molecule has 0 aliphatic carbocycles. The van der Waals surface area contributed by atoms with Gasteiger partial charge in [-0.1, -0.05) is 60.1 Å². The third-order valence-electron chi connectivity index (χ3n) is 3.05. The van der Waals surface area contributed by atoms with Crippen LogP contribution in [0.2, 0.25) is 0 Å². The van der Waals surface area contributed by atoms with Crippen molar-refractivity contribution in [2.75, 3.05) is 0 Å². The number of benzene rings is 2. The second-order valence-corrected chi connectivity index (χ2v) is 6.55. The van der Waals surface area contributed by atoms with Crippen LogP contribution < -0.4 is 0 Å². The lowest BCUT2D eigenvalue weighted by Crippen LogP contribution is -2.24. The van der Waals surface area contributed by atoms with Gasteiger partial charge in [0.25, 0.3) is 0 Å². The Bertz CT molecular complexity index is 690. The van der Waals surface area contributed by atoms with E-state index in [1.807, 2.05) is 46.8 Å². The van der Waals surface area contributed by atoms with Gasteiger partial charge >= 0.3 is 5.97 Å². The lowest BCUT2D eigenvalue weighted by atomic mass is 9.98. The second kappa shape index (κ2) is 8.97. The number of hydrogen-bond acceptors (Lipinski definition) is 2. The smallest absolute Gasteiger partial charge is 0.339 e. The van der Waals surface area contributed by atoms with E-state index in [-0.39, 0.29) is 5.82 Å². The van der Waals surface area contributed by atoms with Crippen molar-refractivity contribution in [3.05, 3.63) is 59.4 Å². The topological polar surface area (TPSA) is 26.3 Å². The number of ether oxygens (including phenoxy) is 1. The highest BCUT2D eigenvalue weighted by atomic mass is 79.9. The number of rotatable bonds is 3. The van der Waals surface area contributed by atoms with Crippen LogP contribution in [0.15, 0.2) is 42.5 Å². The zero-order valence-corrected chi connectivity index (χ0v) is 16.4. The van der Waals surface area contributed by atoms with Crippen LogP contribution in [0.3, 0.4) is 0 Å². The van der Waals surface area contributed by atoms with E-state index in [1.165, 1.54) is 6.07 Å². The zero-order valence-electron chi connectivity index (χ0n) is 14.8. The molecule has 0 fully saturated rings. The Hall–Kier alpha value is -1.68. The quantitative estimate of drug-likeness (QED) is 0.446. The van der Waals surface area contributed by atoms with Crippen molar-refractivity contribution in [3.63, 3.8) is 0 Å². The van der Waals surface area contributed by atoms with Gasteiger partial charge in [-0.2, -0.15) is 0 Å². The molecule has 0 aliphatic rings. The van der Waals surface area contributed by atoms with Gasteiger partial charge < -0.3 is 4.74 Å². The number of esters is 1. The minimum Gasteiger partial charge on any atom is -0.456 e. The average molecular weight is 395 g/mol. The van der Waals surface area contributed by atoms with Crippen LogP contribution in [0.4, 0.5) is 4.39 Å². The van der Waals surface area contributed by atoms with Crippen LogP contribution in [0.25, 0.3) is 11.1 Å². The van der Waals surface area contributed by atoms with Crippen LogP contribution in [-0.2, 0) is 10.1 Å². The standard InChI is InChI=1S/C18H18BrFO2.C2H6/c1-18(2,3)22-17(21)15-7-5-4-6-14(15)12-8-9-13(11-19)16(20)10-12;1-2/h4-10H,11H2,1-3H3;1-2H3. The van der Waals surface area contributed by atoms with E-state index in [1.54, 1.807) is 24.3 Å². The molecule has 0 spiro atoms. The number of carbonyl (C=O) groups excluding carboxylic acids is 1. The fourth-order valence-electron chi connectivity index (χ4n) is 2.07. The van der Waals surface area contributed by atoms with Crippen molar-refractivity contribution in [3.8, 4) is 11.1 Å². The van der Waals surface area contributed by atoms with Gasteiger partial charge in [-0.3, -0.25) is 0 Å². The Labute approximate surface area is 152 Å². The highest BCUT2D eigenvalue weighted by molar-refractivity contribution is 9.08. The van der Waals surface area contributed by atoms with Gasteiger partial charge in [-0.05, 0) is 49.6 Å². The van der Waals surface area contributed by atoms with E-state index >= 15 is 0 Å². The maximum absolute atomic E-state index is 14.0. The molecule has 2 aromatic rings. The number of halogens is 2. The maximum atomic E-state index is 14.0. The first-order chi connectivity index (χ1) is 11.3. The van der Waals surface area contributed by atoms with Gasteiger partial charge in [0.1, 0.15) is 11.4 Å². The lowest BCUT2D eigenvalue weighted by Gasteiger charge is -2.20. The summed E-state index contributed by atoms with van der Waals surface area (Å²) in [6.45, 7) is 9.45. The Kier molecular flexibility index (Phi) is 7.61. The molecule has 2 nitrogen and oxygen atoms in total. The second-order valence-electron chi connectivity index (χ2n) is 5.99. The Balaban J connectivity index is 0.00000139. The SMILES string of the molecule is CC.CC(C)(C)OC(=O)c1ccccc1-c1ccc(CBr)c(F)c1. The molecule has 0 saturated heterocycles. The van der Waals surface area contributed by atoms with Gasteiger partial charge in [-0.15, -0.1) is 0 Å². The van der Waals surface area contributed by atoms with Crippen molar-refractivity contribution in [1.29, 1.82) is 0 Å². The van der Waals surface area contributed by atoms with E-state index in [0.29, 0.717) is 27.6 Å². The number of alkyl halides is 1. The highest BCUT2D eigenvalue weighted by Gasteiger charge is 2.20. The molecule has 0 saturated carbocycles. The fraction of sp³-hybridized carbons (Fsp3) is 0.350. The van der Waals surface area contributed by atoms with Crippen LogP contribution in [0.5, 0.6) is 0 Å². The van der Waals surface area contributed by atoms with Crippen LogP contribution in [0, 0.1) is 5.82 Å². The van der Waals surface area contributed by atoms with Gasteiger partial charge in [0.2, 0.25) is 0 Å². The fourth-order valence-corrected chi connectivity index (χ4v) is 2.52. The summed E-state index contributed by atoms with van der Waals surface area (Å²) >= 11 is 3.25. The van der Waals surface area contributed by atoms with E-state index in [4.69, 9.17) is 4.74 Å². The van der Waals surface area contributed by atoms with Gasteiger partial charge in [0.05, 0.1) is 5.56 Å². The predicted molar refractivity (Wildman–Crippen MR) is 101 cm³/mol. The van der Waals surface area contributed by atoms with Gasteiger partial charge in [-0.25, -0.2) is 9.18 Å². The molecule has 0 amide bonds. The van der Waals surface area contributed by atoms with Crippen molar-refractivity contribution in [2.45, 2.75) is 45.5 Å². The normalized spacial score (nSPS) is 10.6. The largest absolute Gasteiger partial charge is 0.456 e. The molecule has 0 N–H and O–H groups in total. The van der Waals surface area contributed by atoms with Crippen molar-refractivity contribution in [1.82, 2.24) is 0 Å². The molecule has 130 valence electrons. The molecule has 0 bridgehead atoms. The van der Waals surface area contributed by atoms with Crippen molar-refractivity contribution < 1.29 is 13.9 Å². The Morgan fingerprint density at radius 3 is 2.29 bits per heavy atom. The molecule has 0 aliphatic heterocycles. The molecule has 4 heteroatoms. The molecule has 0 unspecified atom stereocenters. The summed E-state index contributed by atoms with van der Waals surface area (Å²) < 4.78 is 19.4.